The van der Waals surface area contributed by atoms with Gasteiger partial charge < -0.3 is 16.0 Å². The smallest absolute Gasteiger partial charge is 0.128 e. The molecule has 0 aliphatic carbocycles. The highest BCUT2D eigenvalue weighted by atomic mass is 32.1. The van der Waals surface area contributed by atoms with Crippen LogP contribution in [0, 0.1) is 5.41 Å². The maximum Gasteiger partial charge on any atom is 0.128 e. The van der Waals surface area contributed by atoms with Gasteiger partial charge in [0.05, 0.1) is 16.8 Å². The third-order valence-electron chi connectivity index (χ3n) is 4.74. The Hall–Kier alpha value is -2.80. The molecule has 3 N–H and O–H groups in total. The van der Waals surface area contributed by atoms with Gasteiger partial charge in [-0.3, -0.25) is 0 Å². The van der Waals surface area contributed by atoms with Crippen LogP contribution < -0.4 is 10.6 Å². The summed E-state index contributed by atoms with van der Waals surface area (Å²) in [7, 11) is 0. The van der Waals surface area contributed by atoms with Gasteiger partial charge in [-0.25, -0.2) is 14.4 Å². The first-order valence-electron chi connectivity index (χ1n) is 8.86. The van der Waals surface area contributed by atoms with Gasteiger partial charge in [0, 0.05) is 36.3 Å². The lowest BCUT2D eigenvalue weighted by atomic mass is 10.1. The average Bonchev–Trinajstić information content (AvgIpc) is 3.13. The van der Waals surface area contributed by atoms with E-state index in [4.69, 9.17) is 11.1 Å². The molecule has 0 amide bonds. The largest absolute Gasteiger partial charge is 0.404 e. The fraction of sp³-hybridized carbons (Fsp3) is 0.250. The normalized spacial score (nSPS) is 18.0. The van der Waals surface area contributed by atoms with Gasteiger partial charge in [-0.15, -0.1) is 11.3 Å². The van der Waals surface area contributed by atoms with Gasteiger partial charge in [-0.05, 0) is 42.7 Å². The first-order chi connectivity index (χ1) is 13.2. The van der Waals surface area contributed by atoms with Crippen LogP contribution in [0.3, 0.4) is 0 Å². The third kappa shape index (κ3) is 3.55. The molecule has 0 spiro atoms. The Balaban J connectivity index is 1.61. The van der Waals surface area contributed by atoms with Crippen molar-refractivity contribution >= 4 is 39.2 Å². The predicted octanol–water partition coefficient (Wildman–Crippen LogP) is 4.25. The van der Waals surface area contributed by atoms with Gasteiger partial charge in [0.1, 0.15) is 17.0 Å². The van der Waals surface area contributed by atoms with Crippen molar-refractivity contribution in [2.45, 2.75) is 19.0 Å². The maximum atomic E-state index is 13.6. The van der Waals surface area contributed by atoms with E-state index >= 15 is 0 Å². The van der Waals surface area contributed by atoms with E-state index in [0.717, 1.165) is 45.1 Å². The number of alkyl halides is 1. The topological polar surface area (TPSA) is 78.9 Å². The monoisotopic (exact) mass is 381 g/mol. The number of aromatic nitrogens is 2. The van der Waals surface area contributed by atoms with Gasteiger partial charge in [0.25, 0.3) is 0 Å². The van der Waals surface area contributed by atoms with Crippen molar-refractivity contribution in [2.24, 2.45) is 5.73 Å². The van der Waals surface area contributed by atoms with E-state index in [-0.39, 0.29) is 0 Å². The predicted molar refractivity (Wildman–Crippen MR) is 110 cm³/mol. The highest BCUT2D eigenvalue weighted by molar-refractivity contribution is 7.21. The van der Waals surface area contributed by atoms with Gasteiger partial charge >= 0.3 is 0 Å². The van der Waals surface area contributed by atoms with Crippen LogP contribution in [0.1, 0.15) is 18.4 Å². The number of fused-ring (bicyclic) bond motifs is 1. The number of hydrogen-bond donors (Lipinski definition) is 2. The standard InChI is InChI=1S/C20H20FN5S/c21-16-2-1-7-26(12-16)19-6-4-14(11-24-19)20-25-17-5-3-13(8-18(17)27-20)15(9-22)10-23/h3-6,8-11,16,22H,1-2,7,12,23H2. The van der Waals surface area contributed by atoms with Crippen LogP contribution in [0.25, 0.3) is 26.4 Å². The van der Waals surface area contributed by atoms with E-state index in [1.807, 2.05) is 35.2 Å². The van der Waals surface area contributed by atoms with Gasteiger partial charge in [-0.2, -0.15) is 0 Å². The van der Waals surface area contributed by atoms with Gasteiger partial charge in [0.15, 0.2) is 0 Å². The number of anilines is 1. The summed E-state index contributed by atoms with van der Waals surface area (Å²) in [6, 6.07) is 9.78. The molecule has 138 valence electrons. The molecule has 0 radical (unpaired) electrons. The number of hydrogen-bond acceptors (Lipinski definition) is 6. The van der Waals surface area contributed by atoms with Crippen LogP contribution in [-0.2, 0) is 0 Å². The Morgan fingerprint density at radius 1 is 1.33 bits per heavy atom. The molecule has 27 heavy (non-hydrogen) atoms. The summed E-state index contributed by atoms with van der Waals surface area (Å²) in [6.45, 7) is 1.26. The second-order valence-corrected chi connectivity index (χ2v) is 7.59. The number of nitrogens with one attached hydrogen (secondary N) is 1. The van der Waals surface area contributed by atoms with Gasteiger partial charge in [-0.1, -0.05) is 6.07 Å². The van der Waals surface area contributed by atoms with E-state index in [2.05, 4.69) is 9.97 Å². The van der Waals surface area contributed by atoms with E-state index in [1.165, 1.54) is 12.4 Å². The Bertz CT molecular complexity index is 995. The summed E-state index contributed by atoms with van der Waals surface area (Å²) in [5.74, 6) is 0.813. The van der Waals surface area contributed by atoms with Crippen molar-refractivity contribution in [1.82, 2.24) is 9.97 Å². The Morgan fingerprint density at radius 2 is 2.22 bits per heavy atom. The second-order valence-electron chi connectivity index (χ2n) is 6.56. The minimum absolute atomic E-state index is 0.417. The van der Waals surface area contributed by atoms with Crippen molar-refractivity contribution < 1.29 is 4.39 Å². The lowest BCUT2D eigenvalue weighted by Crippen LogP contribution is -2.36. The SMILES string of the molecule is N=CC(=CN)c1ccc2nc(-c3ccc(N4CCCC(F)C4)nc3)sc2c1. The fourth-order valence-corrected chi connectivity index (χ4v) is 4.28. The number of rotatable bonds is 4. The summed E-state index contributed by atoms with van der Waals surface area (Å²) < 4.78 is 14.7. The molecule has 1 fully saturated rings. The lowest BCUT2D eigenvalue weighted by molar-refractivity contribution is 0.286. The zero-order valence-corrected chi connectivity index (χ0v) is 15.5. The van der Waals surface area contributed by atoms with Crippen LogP contribution in [0.4, 0.5) is 10.2 Å². The highest BCUT2D eigenvalue weighted by Crippen LogP contribution is 2.32. The number of nitrogens with two attached hydrogens (primary N) is 1. The summed E-state index contributed by atoms with van der Waals surface area (Å²) in [6.07, 6.45) is 5.21. The molecule has 4 rings (SSSR count). The summed E-state index contributed by atoms with van der Waals surface area (Å²) >= 11 is 1.58. The number of benzene rings is 1. The van der Waals surface area contributed by atoms with Crippen molar-refractivity contribution in [3.63, 3.8) is 0 Å². The molecule has 1 aliphatic heterocycles. The number of thiazole rings is 1. The number of pyridine rings is 1. The Kier molecular flexibility index (Phi) is 4.85. The molecule has 1 atom stereocenters. The molecule has 0 saturated carbocycles. The van der Waals surface area contributed by atoms with Crippen molar-refractivity contribution in [1.29, 1.82) is 5.41 Å². The molecule has 7 heteroatoms. The van der Waals surface area contributed by atoms with Crippen LogP contribution in [-0.4, -0.2) is 35.4 Å². The molecule has 2 aromatic heterocycles. The maximum absolute atomic E-state index is 13.6. The van der Waals surface area contributed by atoms with Gasteiger partial charge in [0.2, 0.25) is 0 Å². The minimum atomic E-state index is -0.771. The molecule has 0 bridgehead atoms. The number of piperidine rings is 1. The van der Waals surface area contributed by atoms with Crippen LogP contribution in [0.15, 0.2) is 42.7 Å². The quantitative estimate of drug-likeness (QED) is 0.663. The van der Waals surface area contributed by atoms with E-state index in [9.17, 15) is 4.39 Å². The minimum Gasteiger partial charge on any atom is -0.404 e. The average molecular weight is 381 g/mol. The second kappa shape index (κ2) is 7.44. The van der Waals surface area contributed by atoms with Crippen LogP contribution in [0.5, 0.6) is 0 Å². The molecule has 1 aliphatic rings. The van der Waals surface area contributed by atoms with Crippen LogP contribution in [0.2, 0.25) is 0 Å². The lowest BCUT2D eigenvalue weighted by Gasteiger charge is -2.29. The summed E-state index contributed by atoms with van der Waals surface area (Å²) in [5.41, 5.74) is 8.99. The van der Waals surface area contributed by atoms with Crippen LogP contribution >= 0.6 is 11.3 Å². The molecule has 1 unspecified atom stereocenters. The number of nitrogens with zero attached hydrogens (tertiary/aromatic N) is 3. The summed E-state index contributed by atoms with van der Waals surface area (Å²) in [4.78, 5) is 11.2. The molecular weight excluding hydrogens is 361 g/mol. The highest BCUT2D eigenvalue weighted by Gasteiger charge is 2.20. The Morgan fingerprint density at radius 3 is 2.93 bits per heavy atom. The van der Waals surface area contributed by atoms with Crippen molar-refractivity contribution in [3.8, 4) is 10.6 Å². The van der Waals surface area contributed by atoms with E-state index in [1.54, 1.807) is 17.5 Å². The Labute approximate surface area is 160 Å². The number of allylic oxidation sites excluding steroid dienone is 1. The fourth-order valence-electron chi connectivity index (χ4n) is 3.29. The number of halogens is 1. The molecular formula is C20H20FN5S. The third-order valence-corrected chi connectivity index (χ3v) is 5.81. The zero-order valence-electron chi connectivity index (χ0n) is 14.7. The van der Waals surface area contributed by atoms with E-state index in [0.29, 0.717) is 18.5 Å². The van der Waals surface area contributed by atoms with E-state index < -0.39 is 6.17 Å². The van der Waals surface area contributed by atoms with Crippen molar-refractivity contribution in [3.05, 3.63) is 48.3 Å². The zero-order chi connectivity index (χ0) is 18.8. The molecule has 3 heterocycles. The first-order valence-corrected chi connectivity index (χ1v) is 9.68. The summed E-state index contributed by atoms with van der Waals surface area (Å²) in [5, 5.41) is 8.33. The molecule has 1 saturated heterocycles. The molecule has 1 aromatic carbocycles. The van der Waals surface area contributed by atoms with Crippen molar-refractivity contribution in [2.75, 3.05) is 18.0 Å². The molecule has 3 aromatic rings. The molecule has 5 nitrogen and oxygen atoms in total. The first kappa shape index (κ1) is 17.6.